The topological polar surface area (TPSA) is 38.0 Å². The van der Waals surface area contributed by atoms with E-state index in [0.29, 0.717) is 11.5 Å². The van der Waals surface area contributed by atoms with Crippen LogP contribution in [-0.2, 0) is 0 Å². The third-order valence-corrected chi connectivity index (χ3v) is 3.39. The quantitative estimate of drug-likeness (QED) is 0.665. The van der Waals surface area contributed by atoms with Gasteiger partial charge < -0.3 is 11.1 Å². The Kier molecular flexibility index (Phi) is 4.90. The third-order valence-electron chi connectivity index (χ3n) is 3.39. The molecule has 2 heteroatoms. The van der Waals surface area contributed by atoms with Gasteiger partial charge in [-0.05, 0) is 38.1 Å². The summed E-state index contributed by atoms with van der Waals surface area (Å²) in [5, 5.41) is 3.55. The molecule has 0 aromatic heterocycles. The van der Waals surface area contributed by atoms with E-state index < -0.39 is 0 Å². The molecule has 1 atom stereocenters. The summed E-state index contributed by atoms with van der Waals surface area (Å²) in [4.78, 5) is 0. The van der Waals surface area contributed by atoms with E-state index in [2.05, 4.69) is 19.2 Å². The largest absolute Gasteiger partial charge is 0.328 e. The average Bonchev–Trinajstić information content (AvgIpc) is 2.14. The SMILES string of the molecule is CC(N)CCNCC1(C)CCCCC1. The van der Waals surface area contributed by atoms with Crippen molar-refractivity contribution in [1.82, 2.24) is 5.32 Å². The summed E-state index contributed by atoms with van der Waals surface area (Å²) >= 11 is 0. The lowest BCUT2D eigenvalue weighted by atomic mass is 9.76. The summed E-state index contributed by atoms with van der Waals surface area (Å²) < 4.78 is 0. The molecule has 0 amide bonds. The second kappa shape index (κ2) is 5.72. The van der Waals surface area contributed by atoms with Gasteiger partial charge in [0.25, 0.3) is 0 Å². The van der Waals surface area contributed by atoms with Crippen molar-refractivity contribution in [2.75, 3.05) is 13.1 Å². The summed E-state index contributed by atoms with van der Waals surface area (Å²) in [6, 6.07) is 0.335. The highest BCUT2D eigenvalue weighted by Crippen LogP contribution is 2.34. The Hall–Kier alpha value is -0.0800. The van der Waals surface area contributed by atoms with Crippen LogP contribution in [0.25, 0.3) is 0 Å². The molecule has 1 rings (SSSR count). The molecular weight excluding hydrogens is 172 g/mol. The normalized spacial score (nSPS) is 23.4. The minimum absolute atomic E-state index is 0.335. The van der Waals surface area contributed by atoms with Crippen LogP contribution in [0.4, 0.5) is 0 Å². The third kappa shape index (κ3) is 4.43. The maximum atomic E-state index is 5.70. The van der Waals surface area contributed by atoms with Gasteiger partial charge in [0.1, 0.15) is 0 Å². The monoisotopic (exact) mass is 198 g/mol. The smallest absolute Gasteiger partial charge is 0.00225 e. The van der Waals surface area contributed by atoms with Gasteiger partial charge in [-0.1, -0.05) is 26.2 Å². The standard InChI is InChI=1S/C12H26N2/c1-11(13)6-9-14-10-12(2)7-4-3-5-8-12/h11,14H,3-10,13H2,1-2H3. The van der Waals surface area contributed by atoms with Crippen LogP contribution >= 0.6 is 0 Å². The van der Waals surface area contributed by atoms with E-state index in [1.165, 1.54) is 38.6 Å². The molecule has 1 saturated carbocycles. The van der Waals surface area contributed by atoms with Crippen LogP contribution in [0.3, 0.4) is 0 Å². The molecule has 0 radical (unpaired) electrons. The van der Waals surface area contributed by atoms with Crippen molar-refractivity contribution in [2.24, 2.45) is 11.1 Å². The van der Waals surface area contributed by atoms with E-state index in [0.717, 1.165) is 13.0 Å². The van der Waals surface area contributed by atoms with Gasteiger partial charge in [0, 0.05) is 12.6 Å². The van der Waals surface area contributed by atoms with E-state index in [1.54, 1.807) is 0 Å². The molecule has 0 bridgehead atoms. The highest BCUT2D eigenvalue weighted by atomic mass is 14.9. The van der Waals surface area contributed by atoms with E-state index in [-0.39, 0.29) is 0 Å². The lowest BCUT2D eigenvalue weighted by Crippen LogP contribution is -2.35. The van der Waals surface area contributed by atoms with Crippen LogP contribution < -0.4 is 11.1 Å². The van der Waals surface area contributed by atoms with Gasteiger partial charge in [-0.25, -0.2) is 0 Å². The Balaban J connectivity index is 2.09. The second-order valence-electron chi connectivity index (χ2n) is 5.31. The van der Waals surface area contributed by atoms with Crippen molar-refractivity contribution in [3.63, 3.8) is 0 Å². The highest BCUT2D eigenvalue weighted by Gasteiger charge is 2.25. The molecule has 3 N–H and O–H groups in total. The number of nitrogens with two attached hydrogens (primary N) is 1. The van der Waals surface area contributed by atoms with Gasteiger partial charge in [-0.2, -0.15) is 0 Å². The van der Waals surface area contributed by atoms with E-state index in [9.17, 15) is 0 Å². The predicted octanol–water partition coefficient (Wildman–Crippen LogP) is 2.28. The Morgan fingerprint density at radius 3 is 2.50 bits per heavy atom. The highest BCUT2D eigenvalue weighted by molar-refractivity contribution is 4.80. The van der Waals surface area contributed by atoms with Crippen LogP contribution in [0.1, 0.15) is 52.4 Å². The van der Waals surface area contributed by atoms with Crippen LogP contribution in [0.5, 0.6) is 0 Å². The zero-order chi connectivity index (χ0) is 10.4. The van der Waals surface area contributed by atoms with Crippen molar-refractivity contribution < 1.29 is 0 Å². The molecule has 0 aromatic rings. The zero-order valence-corrected chi connectivity index (χ0v) is 9.81. The minimum Gasteiger partial charge on any atom is -0.328 e. The fourth-order valence-electron chi connectivity index (χ4n) is 2.30. The summed E-state index contributed by atoms with van der Waals surface area (Å²) in [6.07, 6.45) is 8.18. The van der Waals surface area contributed by atoms with Gasteiger partial charge in [0.2, 0.25) is 0 Å². The van der Waals surface area contributed by atoms with Gasteiger partial charge in [0.15, 0.2) is 0 Å². The molecule has 0 aromatic carbocycles. The van der Waals surface area contributed by atoms with Crippen molar-refractivity contribution in [3.8, 4) is 0 Å². The van der Waals surface area contributed by atoms with Gasteiger partial charge >= 0.3 is 0 Å². The molecule has 0 heterocycles. The summed E-state index contributed by atoms with van der Waals surface area (Å²) in [7, 11) is 0. The van der Waals surface area contributed by atoms with Crippen molar-refractivity contribution in [3.05, 3.63) is 0 Å². The molecule has 0 aliphatic heterocycles. The van der Waals surface area contributed by atoms with E-state index >= 15 is 0 Å². The van der Waals surface area contributed by atoms with Crippen molar-refractivity contribution in [1.29, 1.82) is 0 Å². The van der Waals surface area contributed by atoms with Crippen LogP contribution in [-0.4, -0.2) is 19.1 Å². The lowest BCUT2D eigenvalue weighted by molar-refractivity contribution is 0.208. The number of nitrogens with one attached hydrogen (secondary N) is 1. The molecule has 0 saturated heterocycles. The maximum Gasteiger partial charge on any atom is 0.00225 e. The Morgan fingerprint density at radius 2 is 1.93 bits per heavy atom. The molecule has 0 spiro atoms. The molecule has 14 heavy (non-hydrogen) atoms. The van der Waals surface area contributed by atoms with Crippen LogP contribution in [0, 0.1) is 5.41 Å². The fourth-order valence-corrected chi connectivity index (χ4v) is 2.30. The van der Waals surface area contributed by atoms with Crippen LogP contribution in [0.2, 0.25) is 0 Å². The average molecular weight is 198 g/mol. The Morgan fingerprint density at radius 1 is 1.29 bits per heavy atom. The number of hydrogen-bond acceptors (Lipinski definition) is 2. The minimum atomic E-state index is 0.335. The first-order chi connectivity index (χ1) is 6.62. The number of rotatable bonds is 5. The molecule has 2 nitrogen and oxygen atoms in total. The maximum absolute atomic E-state index is 5.70. The van der Waals surface area contributed by atoms with Crippen molar-refractivity contribution >= 4 is 0 Å². The fraction of sp³-hybridized carbons (Fsp3) is 1.00. The first-order valence-electron chi connectivity index (χ1n) is 6.09. The summed E-state index contributed by atoms with van der Waals surface area (Å²) in [5.41, 5.74) is 6.27. The molecule has 1 aliphatic carbocycles. The first kappa shape index (κ1) is 12.0. The Bertz CT molecular complexity index is 148. The molecule has 84 valence electrons. The Labute approximate surface area is 88.6 Å². The zero-order valence-electron chi connectivity index (χ0n) is 9.81. The summed E-state index contributed by atoms with van der Waals surface area (Å²) in [6.45, 7) is 6.75. The summed E-state index contributed by atoms with van der Waals surface area (Å²) in [5.74, 6) is 0. The van der Waals surface area contributed by atoms with Gasteiger partial charge in [-0.3, -0.25) is 0 Å². The predicted molar refractivity (Wildman–Crippen MR) is 62.3 cm³/mol. The number of hydrogen-bond donors (Lipinski definition) is 2. The van der Waals surface area contributed by atoms with E-state index in [4.69, 9.17) is 5.73 Å². The first-order valence-corrected chi connectivity index (χ1v) is 6.09. The van der Waals surface area contributed by atoms with Crippen LogP contribution in [0.15, 0.2) is 0 Å². The molecule has 1 unspecified atom stereocenters. The molecule has 1 aliphatic rings. The van der Waals surface area contributed by atoms with Gasteiger partial charge in [0.05, 0.1) is 0 Å². The molecule has 1 fully saturated rings. The van der Waals surface area contributed by atoms with E-state index in [1.807, 2.05) is 0 Å². The van der Waals surface area contributed by atoms with Crippen molar-refractivity contribution in [2.45, 2.75) is 58.4 Å². The lowest BCUT2D eigenvalue weighted by Gasteiger charge is -2.33. The van der Waals surface area contributed by atoms with Gasteiger partial charge in [-0.15, -0.1) is 0 Å². The molecular formula is C12H26N2. The second-order valence-corrected chi connectivity index (χ2v) is 5.31.